The van der Waals surface area contributed by atoms with Gasteiger partial charge in [-0.1, -0.05) is 6.07 Å². The van der Waals surface area contributed by atoms with E-state index in [1.807, 2.05) is 13.0 Å². The second-order valence-electron chi connectivity index (χ2n) is 2.32. The van der Waals surface area contributed by atoms with E-state index in [4.69, 9.17) is 5.84 Å². The van der Waals surface area contributed by atoms with Gasteiger partial charge in [0, 0.05) is 17.8 Å². The third-order valence-corrected chi connectivity index (χ3v) is 2.31. The molecule has 12 heavy (non-hydrogen) atoms. The van der Waals surface area contributed by atoms with Gasteiger partial charge in [0.2, 0.25) is 0 Å². The van der Waals surface area contributed by atoms with Crippen LogP contribution in [0.2, 0.25) is 0 Å². The largest absolute Gasteiger partial charge is 0.312 e. The van der Waals surface area contributed by atoms with Gasteiger partial charge in [0.15, 0.2) is 0 Å². The summed E-state index contributed by atoms with van der Waals surface area (Å²) >= 11 is 1.72. The Bertz CT molecular complexity index is 241. The van der Waals surface area contributed by atoms with Crippen molar-refractivity contribution in [2.24, 2.45) is 10.8 Å². The molecule has 0 saturated heterocycles. The van der Waals surface area contributed by atoms with E-state index in [0.29, 0.717) is 0 Å². The number of hydrogen-bond acceptors (Lipinski definition) is 3. The molecule has 1 heterocycles. The van der Waals surface area contributed by atoms with Crippen LogP contribution in [0.1, 0.15) is 11.8 Å². The Hall–Kier alpha value is -0.870. The molecule has 0 amide bonds. The highest BCUT2D eigenvalue weighted by molar-refractivity contribution is 7.10. The molecule has 0 aromatic carbocycles. The predicted octanol–water partition coefficient (Wildman–Crippen LogP) is 1.17. The van der Waals surface area contributed by atoms with Gasteiger partial charge in [-0.15, -0.1) is 11.3 Å². The highest BCUT2D eigenvalue weighted by Crippen LogP contribution is 2.08. The molecule has 1 rings (SSSR count). The van der Waals surface area contributed by atoms with E-state index in [1.54, 1.807) is 11.3 Å². The fourth-order valence-corrected chi connectivity index (χ4v) is 1.63. The van der Waals surface area contributed by atoms with Gasteiger partial charge in [-0.3, -0.25) is 4.99 Å². The van der Waals surface area contributed by atoms with Gasteiger partial charge in [-0.2, -0.15) is 0 Å². The van der Waals surface area contributed by atoms with Crippen molar-refractivity contribution in [1.82, 2.24) is 5.43 Å². The Morgan fingerprint density at radius 2 is 2.58 bits per heavy atom. The Morgan fingerprint density at radius 3 is 3.08 bits per heavy atom. The number of nitrogens with one attached hydrogen (secondary N) is 1. The van der Waals surface area contributed by atoms with Crippen molar-refractivity contribution in [3.63, 3.8) is 0 Å². The van der Waals surface area contributed by atoms with E-state index in [0.717, 1.165) is 18.8 Å². The molecule has 0 aliphatic heterocycles. The average molecular weight is 183 g/mol. The van der Waals surface area contributed by atoms with E-state index in [-0.39, 0.29) is 0 Å². The summed E-state index contributed by atoms with van der Waals surface area (Å²) in [7, 11) is 0. The van der Waals surface area contributed by atoms with Crippen LogP contribution in [0.3, 0.4) is 0 Å². The molecule has 1 aromatic rings. The maximum atomic E-state index is 5.30. The Labute approximate surface area is 76.3 Å². The topological polar surface area (TPSA) is 50.4 Å². The van der Waals surface area contributed by atoms with Crippen LogP contribution in [-0.4, -0.2) is 12.4 Å². The SMILES string of the molecule is CCN=C(Cc1cccs1)NN. The molecule has 66 valence electrons. The minimum Gasteiger partial charge on any atom is -0.312 e. The van der Waals surface area contributed by atoms with Crippen LogP contribution in [0.25, 0.3) is 0 Å². The van der Waals surface area contributed by atoms with E-state index in [1.165, 1.54) is 4.88 Å². The van der Waals surface area contributed by atoms with E-state index < -0.39 is 0 Å². The standard InChI is InChI=1S/C8H13N3S/c1-2-10-8(11-9)6-7-4-3-5-12-7/h3-5H,2,6,9H2,1H3,(H,10,11). The first-order chi connectivity index (χ1) is 5.86. The molecule has 3 N–H and O–H groups in total. The number of aliphatic imine (C=N–C) groups is 1. The zero-order chi connectivity index (χ0) is 8.81. The monoisotopic (exact) mass is 183 g/mol. The highest BCUT2D eigenvalue weighted by atomic mass is 32.1. The van der Waals surface area contributed by atoms with Crippen LogP contribution < -0.4 is 11.3 Å². The van der Waals surface area contributed by atoms with Crippen molar-refractivity contribution in [1.29, 1.82) is 0 Å². The lowest BCUT2D eigenvalue weighted by atomic mass is 10.3. The van der Waals surface area contributed by atoms with Crippen molar-refractivity contribution < 1.29 is 0 Å². The fraction of sp³-hybridized carbons (Fsp3) is 0.375. The highest BCUT2D eigenvalue weighted by Gasteiger charge is 1.98. The summed E-state index contributed by atoms with van der Waals surface area (Å²) in [5.74, 6) is 6.15. The van der Waals surface area contributed by atoms with E-state index in [9.17, 15) is 0 Å². The zero-order valence-electron chi connectivity index (χ0n) is 7.08. The molecule has 3 nitrogen and oxygen atoms in total. The summed E-state index contributed by atoms with van der Waals surface area (Å²) in [6, 6.07) is 4.10. The molecule has 0 fully saturated rings. The van der Waals surface area contributed by atoms with Gasteiger partial charge in [-0.05, 0) is 18.4 Å². The van der Waals surface area contributed by atoms with Crippen molar-refractivity contribution in [3.05, 3.63) is 22.4 Å². The van der Waals surface area contributed by atoms with Crippen molar-refractivity contribution in [2.45, 2.75) is 13.3 Å². The first-order valence-electron chi connectivity index (χ1n) is 3.89. The minimum atomic E-state index is 0.769. The number of nitrogens with two attached hydrogens (primary N) is 1. The van der Waals surface area contributed by atoms with Crippen LogP contribution in [0, 0.1) is 0 Å². The van der Waals surface area contributed by atoms with Gasteiger partial charge < -0.3 is 5.43 Å². The first kappa shape index (κ1) is 9.22. The molecule has 0 radical (unpaired) electrons. The number of thiophene rings is 1. The summed E-state index contributed by atoms with van der Waals surface area (Å²) in [5.41, 5.74) is 2.60. The van der Waals surface area contributed by atoms with Crippen LogP contribution in [0.5, 0.6) is 0 Å². The Balaban J connectivity index is 2.54. The molecule has 0 saturated carbocycles. The zero-order valence-corrected chi connectivity index (χ0v) is 7.90. The van der Waals surface area contributed by atoms with Gasteiger partial charge in [0.05, 0.1) is 0 Å². The van der Waals surface area contributed by atoms with Crippen LogP contribution >= 0.6 is 11.3 Å². The van der Waals surface area contributed by atoms with Crippen molar-refractivity contribution >= 4 is 17.2 Å². The summed E-state index contributed by atoms with van der Waals surface area (Å²) < 4.78 is 0. The van der Waals surface area contributed by atoms with Gasteiger partial charge in [0.1, 0.15) is 5.84 Å². The summed E-state index contributed by atoms with van der Waals surface area (Å²) in [6.45, 7) is 2.76. The van der Waals surface area contributed by atoms with Gasteiger partial charge in [-0.25, -0.2) is 5.84 Å². The lowest BCUT2D eigenvalue weighted by Crippen LogP contribution is -2.31. The smallest absolute Gasteiger partial charge is 0.115 e. The summed E-state index contributed by atoms with van der Waals surface area (Å²) in [5, 5.41) is 2.05. The number of hydrazine groups is 1. The van der Waals surface area contributed by atoms with Gasteiger partial charge >= 0.3 is 0 Å². The van der Waals surface area contributed by atoms with E-state index >= 15 is 0 Å². The molecular formula is C8H13N3S. The van der Waals surface area contributed by atoms with Gasteiger partial charge in [0.25, 0.3) is 0 Å². The van der Waals surface area contributed by atoms with Crippen LogP contribution in [0.15, 0.2) is 22.5 Å². The molecular weight excluding hydrogens is 170 g/mol. The fourth-order valence-electron chi connectivity index (χ4n) is 0.922. The quantitative estimate of drug-likeness (QED) is 0.320. The number of hydrogen-bond donors (Lipinski definition) is 2. The molecule has 0 spiro atoms. The average Bonchev–Trinajstić information content (AvgIpc) is 2.56. The predicted molar refractivity (Wildman–Crippen MR) is 53.3 cm³/mol. The molecule has 0 aliphatic carbocycles. The number of nitrogens with zero attached hydrogens (tertiary/aromatic N) is 1. The third-order valence-electron chi connectivity index (χ3n) is 1.44. The number of amidine groups is 1. The Kier molecular flexibility index (Phi) is 3.76. The second kappa shape index (κ2) is 4.90. The molecule has 0 bridgehead atoms. The molecule has 4 heteroatoms. The first-order valence-corrected chi connectivity index (χ1v) is 4.77. The molecule has 0 unspecified atom stereocenters. The summed E-state index contributed by atoms with van der Waals surface area (Å²) in [4.78, 5) is 5.48. The molecule has 1 aromatic heterocycles. The second-order valence-corrected chi connectivity index (χ2v) is 3.35. The number of rotatable bonds is 3. The maximum Gasteiger partial charge on any atom is 0.115 e. The molecule has 0 atom stereocenters. The van der Waals surface area contributed by atoms with Crippen molar-refractivity contribution in [3.8, 4) is 0 Å². The lowest BCUT2D eigenvalue weighted by molar-refractivity contribution is 0.962. The Morgan fingerprint density at radius 1 is 1.75 bits per heavy atom. The minimum absolute atomic E-state index is 0.769. The molecule has 0 aliphatic rings. The van der Waals surface area contributed by atoms with E-state index in [2.05, 4.69) is 21.9 Å². The van der Waals surface area contributed by atoms with Crippen LogP contribution in [0.4, 0.5) is 0 Å². The summed E-state index contributed by atoms with van der Waals surface area (Å²) in [6.07, 6.45) is 0.808. The third kappa shape index (κ3) is 2.64. The lowest BCUT2D eigenvalue weighted by Gasteiger charge is -2.02. The van der Waals surface area contributed by atoms with Crippen molar-refractivity contribution in [2.75, 3.05) is 6.54 Å². The maximum absolute atomic E-state index is 5.30. The normalized spacial score (nSPS) is 11.7. The van der Waals surface area contributed by atoms with Crippen LogP contribution in [-0.2, 0) is 6.42 Å².